The summed E-state index contributed by atoms with van der Waals surface area (Å²) in [4.78, 5) is 0. The summed E-state index contributed by atoms with van der Waals surface area (Å²) in [5, 5.41) is 19.8. The van der Waals surface area contributed by atoms with Crippen molar-refractivity contribution in [3.63, 3.8) is 0 Å². The summed E-state index contributed by atoms with van der Waals surface area (Å²) in [5.74, 6) is 1.74. The van der Waals surface area contributed by atoms with Gasteiger partial charge in [0.2, 0.25) is 0 Å². The first-order chi connectivity index (χ1) is 11.2. The van der Waals surface area contributed by atoms with Gasteiger partial charge in [-0.2, -0.15) is 0 Å². The monoisotopic (exact) mass is 314 g/mol. The number of ether oxygens (including phenoxy) is 2. The van der Waals surface area contributed by atoms with Crippen LogP contribution >= 0.6 is 0 Å². The molecule has 0 amide bonds. The van der Waals surface area contributed by atoms with Gasteiger partial charge in [-0.15, -0.1) is 0 Å². The van der Waals surface area contributed by atoms with Gasteiger partial charge in [-0.3, -0.25) is 0 Å². The molecular formula is C19H22O4. The van der Waals surface area contributed by atoms with E-state index in [-0.39, 0.29) is 5.75 Å². The van der Waals surface area contributed by atoms with E-state index in [1.54, 1.807) is 24.3 Å². The number of fused-ring (bicyclic) bond motifs is 1. The molecule has 0 saturated heterocycles. The second-order valence-corrected chi connectivity index (χ2v) is 5.87. The standard InChI is InChI=1S/C19H22O4/c1-2-3-10-22-16-9-6-14-11-17(21)19(23-18(14)12-16)13-4-7-15(20)8-5-13/h4-9,12,17,19-21H,2-3,10-11H2,1H3/t17-,19-/m1/s1. The molecule has 0 spiro atoms. The Morgan fingerprint density at radius 3 is 2.70 bits per heavy atom. The first-order valence-electron chi connectivity index (χ1n) is 8.06. The van der Waals surface area contributed by atoms with Crippen molar-refractivity contribution in [1.82, 2.24) is 0 Å². The van der Waals surface area contributed by atoms with Gasteiger partial charge in [-0.25, -0.2) is 0 Å². The number of hydrogen-bond donors (Lipinski definition) is 2. The molecule has 0 fully saturated rings. The van der Waals surface area contributed by atoms with Crippen LogP contribution in [0, 0.1) is 0 Å². The topological polar surface area (TPSA) is 58.9 Å². The minimum atomic E-state index is -0.612. The highest BCUT2D eigenvalue weighted by Gasteiger charge is 2.30. The third-order valence-electron chi connectivity index (χ3n) is 4.06. The lowest BCUT2D eigenvalue weighted by molar-refractivity contribution is 0.0206. The van der Waals surface area contributed by atoms with Gasteiger partial charge in [0.15, 0.2) is 0 Å². The summed E-state index contributed by atoms with van der Waals surface area (Å²) >= 11 is 0. The number of phenols is 1. The van der Waals surface area contributed by atoms with E-state index in [0.29, 0.717) is 13.0 Å². The van der Waals surface area contributed by atoms with E-state index in [4.69, 9.17) is 9.47 Å². The molecule has 0 bridgehead atoms. The summed E-state index contributed by atoms with van der Waals surface area (Å²) in [6.07, 6.45) is 1.60. The predicted octanol–water partition coefficient (Wildman–Crippen LogP) is 3.61. The maximum Gasteiger partial charge on any atom is 0.150 e. The van der Waals surface area contributed by atoms with Crippen LogP contribution in [0.5, 0.6) is 17.2 Å². The average Bonchev–Trinajstić information content (AvgIpc) is 2.55. The Morgan fingerprint density at radius 2 is 1.96 bits per heavy atom. The van der Waals surface area contributed by atoms with Crippen LogP contribution in [-0.4, -0.2) is 22.9 Å². The van der Waals surface area contributed by atoms with Crippen molar-refractivity contribution < 1.29 is 19.7 Å². The van der Waals surface area contributed by atoms with E-state index < -0.39 is 12.2 Å². The lowest BCUT2D eigenvalue weighted by atomic mass is 9.94. The van der Waals surface area contributed by atoms with E-state index in [0.717, 1.165) is 35.5 Å². The Hall–Kier alpha value is -2.20. The second kappa shape index (κ2) is 6.92. The molecule has 0 aliphatic carbocycles. The highest BCUT2D eigenvalue weighted by molar-refractivity contribution is 5.43. The number of unbranched alkanes of at least 4 members (excludes halogenated alkanes) is 1. The number of aliphatic hydroxyl groups is 1. The normalized spacial score (nSPS) is 19.7. The lowest BCUT2D eigenvalue weighted by Crippen LogP contribution is -2.30. The fourth-order valence-corrected chi connectivity index (χ4v) is 2.74. The lowest BCUT2D eigenvalue weighted by Gasteiger charge is -2.31. The van der Waals surface area contributed by atoms with Crippen LogP contribution < -0.4 is 9.47 Å². The molecular weight excluding hydrogens is 292 g/mol. The average molecular weight is 314 g/mol. The van der Waals surface area contributed by atoms with Crippen LogP contribution in [0.4, 0.5) is 0 Å². The van der Waals surface area contributed by atoms with E-state index >= 15 is 0 Å². The fourth-order valence-electron chi connectivity index (χ4n) is 2.74. The number of rotatable bonds is 5. The fraction of sp³-hybridized carbons (Fsp3) is 0.368. The zero-order valence-corrected chi connectivity index (χ0v) is 13.2. The molecule has 0 unspecified atom stereocenters. The summed E-state index contributed by atoms with van der Waals surface area (Å²) < 4.78 is 11.7. The third-order valence-corrected chi connectivity index (χ3v) is 4.06. The van der Waals surface area contributed by atoms with Crippen LogP contribution in [0.25, 0.3) is 0 Å². The van der Waals surface area contributed by atoms with Crippen molar-refractivity contribution >= 4 is 0 Å². The van der Waals surface area contributed by atoms with Gasteiger partial charge in [0, 0.05) is 12.5 Å². The Bertz CT molecular complexity index is 651. The Kier molecular flexibility index (Phi) is 4.72. The first kappa shape index (κ1) is 15.7. The number of aromatic hydroxyl groups is 1. The molecule has 2 atom stereocenters. The van der Waals surface area contributed by atoms with Crippen LogP contribution in [-0.2, 0) is 6.42 Å². The molecule has 0 radical (unpaired) electrons. The number of aliphatic hydroxyl groups excluding tert-OH is 1. The molecule has 3 rings (SSSR count). The number of hydrogen-bond acceptors (Lipinski definition) is 4. The largest absolute Gasteiger partial charge is 0.508 e. The minimum Gasteiger partial charge on any atom is -0.508 e. The van der Waals surface area contributed by atoms with Crippen LogP contribution in [0.3, 0.4) is 0 Å². The van der Waals surface area contributed by atoms with Gasteiger partial charge < -0.3 is 19.7 Å². The minimum absolute atomic E-state index is 0.200. The Morgan fingerprint density at radius 1 is 1.17 bits per heavy atom. The van der Waals surface area contributed by atoms with Crippen molar-refractivity contribution in [2.45, 2.75) is 38.4 Å². The van der Waals surface area contributed by atoms with Crippen LogP contribution in [0.1, 0.15) is 37.0 Å². The Labute approximate surface area is 136 Å². The maximum absolute atomic E-state index is 10.4. The van der Waals surface area contributed by atoms with Crippen molar-refractivity contribution in [3.05, 3.63) is 53.6 Å². The molecule has 122 valence electrons. The predicted molar refractivity (Wildman–Crippen MR) is 88.0 cm³/mol. The zero-order chi connectivity index (χ0) is 16.2. The Balaban J connectivity index is 1.79. The summed E-state index contributed by atoms with van der Waals surface area (Å²) in [5.41, 5.74) is 1.83. The van der Waals surface area contributed by atoms with Gasteiger partial charge in [0.25, 0.3) is 0 Å². The smallest absolute Gasteiger partial charge is 0.150 e. The molecule has 0 saturated carbocycles. The van der Waals surface area contributed by atoms with Crippen molar-refractivity contribution in [2.75, 3.05) is 6.61 Å². The van der Waals surface area contributed by atoms with E-state index in [2.05, 4.69) is 6.92 Å². The highest BCUT2D eigenvalue weighted by atomic mass is 16.5. The second-order valence-electron chi connectivity index (χ2n) is 5.87. The SMILES string of the molecule is CCCCOc1ccc2c(c1)O[C@H](c1ccc(O)cc1)[C@H](O)C2. The van der Waals surface area contributed by atoms with Crippen molar-refractivity contribution in [1.29, 1.82) is 0 Å². The molecule has 23 heavy (non-hydrogen) atoms. The van der Waals surface area contributed by atoms with E-state index in [1.807, 2.05) is 18.2 Å². The molecule has 4 heteroatoms. The molecule has 0 aromatic heterocycles. The van der Waals surface area contributed by atoms with Crippen LogP contribution in [0.2, 0.25) is 0 Å². The van der Waals surface area contributed by atoms with Gasteiger partial charge >= 0.3 is 0 Å². The third kappa shape index (κ3) is 3.59. The maximum atomic E-state index is 10.4. The summed E-state index contributed by atoms with van der Waals surface area (Å²) in [6, 6.07) is 12.5. The van der Waals surface area contributed by atoms with Gasteiger partial charge in [-0.05, 0) is 35.7 Å². The number of phenolic OH excluding ortho intramolecular Hbond substituents is 1. The van der Waals surface area contributed by atoms with Gasteiger partial charge in [0.1, 0.15) is 23.4 Å². The van der Waals surface area contributed by atoms with Crippen LogP contribution in [0.15, 0.2) is 42.5 Å². The quantitative estimate of drug-likeness (QED) is 0.828. The van der Waals surface area contributed by atoms with E-state index in [1.165, 1.54) is 0 Å². The van der Waals surface area contributed by atoms with Gasteiger partial charge in [0.05, 0.1) is 12.7 Å². The molecule has 4 nitrogen and oxygen atoms in total. The molecule has 2 aromatic carbocycles. The van der Waals surface area contributed by atoms with Crippen molar-refractivity contribution in [2.24, 2.45) is 0 Å². The summed E-state index contributed by atoms with van der Waals surface area (Å²) in [6.45, 7) is 2.82. The molecule has 2 aromatic rings. The summed E-state index contributed by atoms with van der Waals surface area (Å²) in [7, 11) is 0. The number of benzene rings is 2. The first-order valence-corrected chi connectivity index (χ1v) is 8.06. The highest BCUT2D eigenvalue weighted by Crippen LogP contribution is 2.37. The molecule has 2 N–H and O–H groups in total. The zero-order valence-electron chi connectivity index (χ0n) is 13.2. The molecule has 1 aliphatic rings. The van der Waals surface area contributed by atoms with Gasteiger partial charge in [-0.1, -0.05) is 31.5 Å². The molecule has 1 heterocycles. The van der Waals surface area contributed by atoms with E-state index in [9.17, 15) is 10.2 Å². The molecule has 1 aliphatic heterocycles. The van der Waals surface area contributed by atoms with Crippen molar-refractivity contribution in [3.8, 4) is 17.2 Å².